The molecular weight excluding hydrogens is 561 g/mol. The van der Waals surface area contributed by atoms with Gasteiger partial charge in [0.25, 0.3) is 5.91 Å². The fraction of sp³-hybridized carbons (Fsp3) is 0.167. The number of fused-ring (bicyclic) bond motifs is 1. The number of nitrogens with zero attached hydrogens (tertiary/aromatic N) is 4. The highest BCUT2D eigenvalue weighted by molar-refractivity contribution is 8.00. The number of hydrogen-bond donors (Lipinski definition) is 1. The Morgan fingerprint density at radius 1 is 0.975 bits per heavy atom. The van der Waals surface area contributed by atoms with Crippen LogP contribution in [0.4, 0.5) is 5.13 Å². The van der Waals surface area contributed by atoms with Gasteiger partial charge in [-0.05, 0) is 42.7 Å². The Bertz CT molecular complexity index is 1800. The molecule has 1 atom stereocenters. The minimum atomic E-state index is -0.841. The molecule has 0 spiro atoms. The summed E-state index contributed by atoms with van der Waals surface area (Å²) in [7, 11) is 0. The lowest BCUT2D eigenvalue weighted by Crippen LogP contribution is -2.31. The summed E-state index contributed by atoms with van der Waals surface area (Å²) in [6, 6.07) is 21.2. The maximum absolute atomic E-state index is 13.8. The van der Waals surface area contributed by atoms with Crippen LogP contribution in [-0.4, -0.2) is 32.0 Å². The van der Waals surface area contributed by atoms with Crippen molar-refractivity contribution in [3.8, 4) is 0 Å². The number of amides is 1. The molecular formula is C30H24N4O3S3. The summed E-state index contributed by atoms with van der Waals surface area (Å²) < 4.78 is 0.687. The van der Waals surface area contributed by atoms with E-state index in [4.69, 9.17) is 0 Å². The van der Waals surface area contributed by atoms with Crippen molar-refractivity contribution in [3.05, 3.63) is 110 Å². The molecule has 0 fully saturated rings. The fourth-order valence-electron chi connectivity index (χ4n) is 4.88. The van der Waals surface area contributed by atoms with Gasteiger partial charge in [-0.3, -0.25) is 14.5 Å². The van der Waals surface area contributed by atoms with E-state index in [1.807, 2.05) is 56.3 Å². The average molecular weight is 585 g/mol. The molecule has 5 aromatic rings. The Morgan fingerprint density at radius 3 is 2.48 bits per heavy atom. The van der Waals surface area contributed by atoms with E-state index >= 15 is 0 Å². The maximum Gasteiger partial charge on any atom is 0.296 e. The number of aliphatic hydroxyl groups excluding tert-OH is 1. The van der Waals surface area contributed by atoms with Gasteiger partial charge in [0.2, 0.25) is 10.9 Å². The van der Waals surface area contributed by atoms with E-state index in [2.05, 4.69) is 39.4 Å². The molecule has 3 aromatic carbocycles. The lowest BCUT2D eigenvalue weighted by Gasteiger charge is -2.24. The molecule has 0 radical (unpaired) electrons. The summed E-state index contributed by atoms with van der Waals surface area (Å²) in [5.41, 5.74) is 3.52. The third-order valence-electron chi connectivity index (χ3n) is 6.79. The van der Waals surface area contributed by atoms with Crippen LogP contribution in [0.15, 0.2) is 82.4 Å². The number of ketones is 1. The van der Waals surface area contributed by atoms with Crippen LogP contribution >= 0.6 is 34.4 Å². The fourth-order valence-corrected chi connectivity index (χ4v) is 7.62. The highest BCUT2D eigenvalue weighted by Gasteiger charge is 2.46. The van der Waals surface area contributed by atoms with Crippen molar-refractivity contribution in [1.29, 1.82) is 0 Å². The van der Waals surface area contributed by atoms with E-state index in [0.29, 0.717) is 31.4 Å². The minimum Gasteiger partial charge on any atom is -0.503 e. The zero-order valence-electron chi connectivity index (χ0n) is 21.9. The van der Waals surface area contributed by atoms with Crippen LogP contribution in [0.5, 0.6) is 0 Å². The van der Waals surface area contributed by atoms with Gasteiger partial charge in [0.05, 0.1) is 27.2 Å². The molecule has 200 valence electrons. The SMILES string of the molecule is Cc1ccc(C2C(C(=O)c3sc(C)nc3C)=C(O)C(=O)N2c2nnc(SCc3cccc4ccccc34)s2)cc1. The van der Waals surface area contributed by atoms with Crippen molar-refractivity contribution in [1.82, 2.24) is 15.2 Å². The molecule has 1 unspecified atom stereocenters. The van der Waals surface area contributed by atoms with Gasteiger partial charge in [-0.2, -0.15) is 0 Å². The number of carbonyl (C=O) groups excluding carboxylic acids is 2. The van der Waals surface area contributed by atoms with Gasteiger partial charge >= 0.3 is 0 Å². The van der Waals surface area contributed by atoms with E-state index in [0.717, 1.165) is 10.6 Å². The van der Waals surface area contributed by atoms with Gasteiger partial charge in [-0.1, -0.05) is 95.4 Å². The molecule has 2 aromatic heterocycles. The van der Waals surface area contributed by atoms with Crippen LogP contribution in [0.25, 0.3) is 10.8 Å². The normalized spacial score (nSPS) is 15.4. The van der Waals surface area contributed by atoms with Gasteiger partial charge in [-0.25, -0.2) is 4.98 Å². The Labute approximate surface area is 243 Å². The van der Waals surface area contributed by atoms with Crippen molar-refractivity contribution in [2.75, 3.05) is 4.90 Å². The summed E-state index contributed by atoms with van der Waals surface area (Å²) in [6.07, 6.45) is 0. The zero-order chi connectivity index (χ0) is 28.0. The zero-order valence-corrected chi connectivity index (χ0v) is 24.4. The van der Waals surface area contributed by atoms with E-state index in [-0.39, 0.29) is 5.57 Å². The number of anilines is 1. The summed E-state index contributed by atoms with van der Waals surface area (Å²) in [6.45, 7) is 5.55. The second kappa shape index (κ2) is 10.6. The first-order valence-corrected chi connectivity index (χ1v) is 15.2. The van der Waals surface area contributed by atoms with Crippen LogP contribution in [0.3, 0.4) is 0 Å². The van der Waals surface area contributed by atoms with Crippen molar-refractivity contribution < 1.29 is 14.7 Å². The van der Waals surface area contributed by atoms with Crippen LogP contribution in [-0.2, 0) is 10.5 Å². The first-order chi connectivity index (χ1) is 19.3. The number of aliphatic hydroxyl groups is 1. The van der Waals surface area contributed by atoms with E-state index in [1.165, 1.54) is 55.7 Å². The molecule has 0 saturated carbocycles. The minimum absolute atomic E-state index is 0.0285. The first kappa shape index (κ1) is 26.4. The summed E-state index contributed by atoms with van der Waals surface area (Å²) >= 11 is 4.06. The van der Waals surface area contributed by atoms with Crippen molar-refractivity contribution in [2.24, 2.45) is 0 Å². The Morgan fingerprint density at radius 2 is 1.73 bits per heavy atom. The lowest BCUT2D eigenvalue weighted by atomic mass is 9.94. The smallest absolute Gasteiger partial charge is 0.296 e. The molecule has 6 rings (SSSR count). The number of hydrogen-bond acceptors (Lipinski definition) is 9. The Kier molecular flexibility index (Phi) is 6.99. The number of benzene rings is 3. The van der Waals surface area contributed by atoms with Gasteiger partial charge in [0.1, 0.15) is 0 Å². The number of aromatic nitrogens is 3. The number of Topliss-reactive ketones (excluding diaryl/α,β-unsaturated/α-hetero) is 1. The standard InChI is InChI=1S/C30H24N4O3S3/c1-16-11-13-20(14-12-16)24-23(25(35)27-17(2)31-18(3)39-27)26(36)28(37)34(24)29-32-33-30(40-29)38-15-21-9-6-8-19-7-4-5-10-22(19)21/h4-14,24,36H,15H2,1-3H3. The molecule has 0 bridgehead atoms. The maximum atomic E-state index is 13.8. The molecule has 3 heterocycles. The molecule has 0 aliphatic carbocycles. The number of aryl methyl sites for hydroxylation is 3. The summed E-state index contributed by atoms with van der Waals surface area (Å²) in [5, 5.41) is 23.2. The number of thioether (sulfide) groups is 1. The van der Waals surface area contributed by atoms with Crippen LogP contribution in [0.2, 0.25) is 0 Å². The highest BCUT2D eigenvalue weighted by Crippen LogP contribution is 2.44. The third-order valence-corrected chi connectivity index (χ3v) is 9.96. The van der Waals surface area contributed by atoms with E-state index in [9.17, 15) is 14.7 Å². The van der Waals surface area contributed by atoms with Crippen molar-refractivity contribution in [3.63, 3.8) is 0 Å². The second-order valence-corrected chi connectivity index (χ2v) is 12.9. The quantitative estimate of drug-likeness (QED) is 0.123. The van der Waals surface area contributed by atoms with Crippen LogP contribution in [0.1, 0.15) is 43.1 Å². The Balaban J connectivity index is 1.34. The first-order valence-electron chi connectivity index (χ1n) is 12.6. The monoisotopic (exact) mass is 584 g/mol. The van der Waals surface area contributed by atoms with Crippen molar-refractivity contribution >= 4 is 62.0 Å². The molecule has 40 heavy (non-hydrogen) atoms. The molecule has 7 nitrogen and oxygen atoms in total. The molecule has 0 saturated heterocycles. The van der Waals surface area contributed by atoms with Crippen LogP contribution in [0, 0.1) is 20.8 Å². The molecule has 1 N–H and O–H groups in total. The van der Waals surface area contributed by atoms with Crippen molar-refractivity contribution in [2.45, 2.75) is 36.9 Å². The number of carbonyl (C=O) groups is 2. The largest absolute Gasteiger partial charge is 0.503 e. The number of thiazole rings is 1. The summed E-state index contributed by atoms with van der Waals surface area (Å²) in [5.74, 6) is -0.962. The highest BCUT2D eigenvalue weighted by atomic mass is 32.2. The average Bonchev–Trinajstić information content (AvgIpc) is 3.63. The van der Waals surface area contributed by atoms with Gasteiger partial charge in [0.15, 0.2) is 10.1 Å². The predicted molar refractivity (Wildman–Crippen MR) is 160 cm³/mol. The second-order valence-electron chi connectivity index (χ2n) is 9.50. The van der Waals surface area contributed by atoms with Gasteiger partial charge in [0, 0.05) is 5.75 Å². The van der Waals surface area contributed by atoms with Crippen LogP contribution < -0.4 is 4.90 Å². The topological polar surface area (TPSA) is 96.3 Å². The number of rotatable bonds is 7. The molecule has 1 aliphatic heterocycles. The van der Waals surface area contributed by atoms with Gasteiger partial charge in [-0.15, -0.1) is 21.5 Å². The predicted octanol–water partition coefficient (Wildman–Crippen LogP) is 7.15. The Hall–Kier alpha value is -3.86. The van der Waals surface area contributed by atoms with E-state index in [1.54, 1.807) is 6.92 Å². The summed E-state index contributed by atoms with van der Waals surface area (Å²) in [4.78, 5) is 33.5. The third kappa shape index (κ3) is 4.72. The van der Waals surface area contributed by atoms with Gasteiger partial charge < -0.3 is 5.11 Å². The molecule has 1 amide bonds. The van der Waals surface area contributed by atoms with E-state index < -0.39 is 23.5 Å². The molecule has 10 heteroatoms. The molecule has 1 aliphatic rings. The lowest BCUT2D eigenvalue weighted by molar-refractivity contribution is -0.117.